The van der Waals surface area contributed by atoms with Gasteiger partial charge in [0.25, 0.3) is 0 Å². The van der Waals surface area contributed by atoms with Gasteiger partial charge >= 0.3 is 7.82 Å². The summed E-state index contributed by atoms with van der Waals surface area (Å²) in [5.74, 6) is 0. The second kappa shape index (κ2) is 7.40. The van der Waals surface area contributed by atoms with E-state index in [4.69, 9.17) is 4.52 Å². The molecule has 8 heteroatoms. The molecule has 3 rings (SSSR count). The molecule has 0 saturated carbocycles. The van der Waals surface area contributed by atoms with Crippen LogP contribution in [0.4, 0.5) is 0 Å². The average molecular weight is 386 g/mol. The molecule has 1 atom stereocenters. The van der Waals surface area contributed by atoms with Crippen LogP contribution in [0.25, 0.3) is 19.5 Å². The van der Waals surface area contributed by atoms with Crippen LogP contribution in [0.15, 0.2) is 41.8 Å². The summed E-state index contributed by atoms with van der Waals surface area (Å²) in [6.07, 6.45) is 0.585. The van der Waals surface area contributed by atoms with Gasteiger partial charge in [-0.15, -0.1) is 34.0 Å². The number of thiophene rings is 3. The zero-order valence-corrected chi connectivity index (χ0v) is 15.6. The first-order valence-corrected chi connectivity index (χ1v) is 10.8. The van der Waals surface area contributed by atoms with E-state index in [2.05, 4.69) is 40.2 Å². The fraction of sp³-hybridized carbons (Fsp3) is 0.200. The van der Waals surface area contributed by atoms with Gasteiger partial charge in [-0.3, -0.25) is 9.05 Å². The lowest BCUT2D eigenvalue weighted by molar-refractivity contribution is 0.175. The molecule has 1 unspecified atom stereocenters. The Kier molecular flexibility index (Phi) is 5.49. The van der Waals surface area contributed by atoms with Crippen molar-refractivity contribution in [3.63, 3.8) is 0 Å². The number of rotatable bonds is 7. The Hall–Kier alpha value is -0.790. The van der Waals surface area contributed by atoms with Gasteiger partial charge in [-0.1, -0.05) is 6.07 Å². The van der Waals surface area contributed by atoms with Crippen molar-refractivity contribution in [2.75, 3.05) is 13.7 Å². The van der Waals surface area contributed by atoms with E-state index in [9.17, 15) is 9.46 Å². The molecule has 23 heavy (non-hydrogen) atoms. The normalized spacial score (nSPS) is 14.0. The monoisotopic (exact) mass is 386 g/mol. The van der Waals surface area contributed by atoms with Gasteiger partial charge in [0.05, 0.1) is 6.61 Å². The second-order valence-corrected chi connectivity index (χ2v) is 9.40. The maximum atomic E-state index is 11.2. The Balaban J connectivity index is 1.64. The minimum Gasteiger partial charge on any atom is -0.303 e. The second-order valence-electron chi connectivity index (χ2n) is 4.64. The van der Waals surface area contributed by atoms with Crippen molar-refractivity contribution in [1.82, 2.24) is 0 Å². The van der Waals surface area contributed by atoms with Crippen LogP contribution >= 0.6 is 41.8 Å². The standard InChI is InChI=1S/C15H15O4PS3/c1-18-20(16,17)19-9-8-11-4-5-14(22-11)15-7-6-13(23-15)12-3-2-10-21-12/h2-7,10H,8-9H2,1H3,(H,16,17). The van der Waals surface area contributed by atoms with Crippen LogP contribution in [0.5, 0.6) is 0 Å². The Bertz CT molecular complexity index is 806. The number of phosphoric ester groups is 1. The predicted octanol–water partition coefficient (Wildman–Crippen LogP) is 5.51. The average Bonchev–Trinajstić information content (AvgIpc) is 3.27. The maximum Gasteiger partial charge on any atom is 0.471 e. The van der Waals surface area contributed by atoms with Crippen molar-refractivity contribution in [2.45, 2.75) is 6.42 Å². The van der Waals surface area contributed by atoms with E-state index in [1.165, 1.54) is 19.5 Å². The zero-order valence-electron chi connectivity index (χ0n) is 12.3. The molecule has 4 nitrogen and oxygen atoms in total. The summed E-state index contributed by atoms with van der Waals surface area (Å²) in [4.78, 5) is 15.3. The van der Waals surface area contributed by atoms with Gasteiger partial charge in [0.1, 0.15) is 0 Å². The fourth-order valence-corrected chi connectivity index (χ4v) is 5.33. The number of hydrogen-bond acceptors (Lipinski definition) is 6. The van der Waals surface area contributed by atoms with Gasteiger partial charge in [0, 0.05) is 37.9 Å². The van der Waals surface area contributed by atoms with Gasteiger partial charge in [-0.2, -0.15) is 0 Å². The van der Waals surface area contributed by atoms with E-state index in [0.29, 0.717) is 6.42 Å². The van der Waals surface area contributed by atoms with Crippen LogP contribution in [-0.2, 0) is 20.0 Å². The summed E-state index contributed by atoms with van der Waals surface area (Å²) >= 11 is 5.19. The fourth-order valence-electron chi connectivity index (χ4n) is 1.98. The highest BCUT2D eigenvalue weighted by molar-refractivity contribution is 7.47. The summed E-state index contributed by atoms with van der Waals surface area (Å²) in [5, 5.41) is 2.08. The SMILES string of the molecule is COP(=O)(O)OCCc1ccc(-c2ccc(-c3cccs3)s2)s1. The first-order valence-electron chi connectivity index (χ1n) is 6.83. The van der Waals surface area contributed by atoms with E-state index < -0.39 is 7.82 Å². The first-order chi connectivity index (χ1) is 11.1. The molecule has 0 bridgehead atoms. The van der Waals surface area contributed by atoms with Crippen LogP contribution in [-0.4, -0.2) is 18.6 Å². The lowest BCUT2D eigenvalue weighted by Crippen LogP contribution is -1.96. The summed E-state index contributed by atoms with van der Waals surface area (Å²) in [7, 11) is -2.72. The van der Waals surface area contributed by atoms with Crippen LogP contribution in [0.1, 0.15) is 4.88 Å². The smallest absolute Gasteiger partial charge is 0.303 e. The highest BCUT2D eigenvalue weighted by Crippen LogP contribution is 2.42. The minimum absolute atomic E-state index is 0.159. The Morgan fingerprint density at radius 1 is 1.04 bits per heavy atom. The molecule has 3 aromatic rings. The Morgan fingerprint density at radius 2 is 1.74 bits per heavy atom. The van der Waals surface area contributed by atoms with Crippen molar-refractivity contribution < 1.29 is 18.5 Å². The van der Waals surface area contributed by atoms with Crippen molar-refractivity contribution in [3.05, 3.63) is 46.7 Å². The highest BCUT2D eigenvalue weighted by atomic mass is 32.1. The van der Waals surface area contributed by atoms with Crippen molar-refractivity contribution in [2.24, 2.45) is 0 Å². The lowest BCUT2D eigenvalue weighted by Gasteiger charge is -2.07. The first kappa shape index (κ1) is 17.0. The molecule has 0 amide bonds. The zero-order chi connectivity index (χ0) is 16.3. The minimum atomic E-state index is -3.88. The number of phosphoric acid groups is 1. The topological polar surface area (TPSA) is 55.8 Å². The molecule has 0 aliphatic rings. The molecule has 122 valence electrons. The Morgan fingerprint density at radius 3 is 2.43 bits per heavy atom. The van der Waals surface area contributed by atoms with Gasteiger partial charge in [0.2, 0.25) is 0 Å². The molecule has 0 radical (unpaired) electrons. The van der Waals surface area contributed by atoms with Crippen LogP contribution < -0.4 is 0 Å². The summed E-state index contributed by atoms with van der Waals surface area (Å²) in [6, 6.07) is 12.6. The summed E-state index contributed by atoms with van der Waals surface area (Å²) < 4.78 is 20.5. The molecule has 0 saturated heterocycles. The largest absolute Gasteiger partial charge is 0.471 e. The van der Waals surface area contributed by atoms with E-state index in [1.54, 1.807) is 34.0 Å². The van der Waals surface area contributed by atoms with Gasteiger partial charge in [-0.25, -0.2) is 4.57 Å². The van der Waals surface area contributed by atoms with Gasteiger partial charge in [0.15, 0.2) is 0 Å². The van der Waals surface area contributed by atoms with E-state index in [0.717, 1.165) is 12.0 Å². The Labute approximate surface area is 146 Å². The summed E-state index contributed by atoms with van der Waals surface area (Å²) in [5.41, 5.74) is 0. The van der Waals surface area contributed by atoms with Crippen LogP contribution in [0.2, 0.25) is 0 Å². The third-order valence-electron chi connectivity index (χ3n) is 3.11. The maximum absolute atomic E-state index is 11.2. The molecule has 3 heterocycles. The quantitative estimate of drug-likeness (QED) is 0.544. The molecule has 0 aliphatic heterocycles. The molecule has 1 N–H and O–H groups in total. The van der Waals surface area contributed by atoms with Gasteiger partial charge in [-0.05, 0) is 35.7 Å². The highest BCUT2D eigenvalue weighted by Gasteiger charge is 2.18. The van der Waals surface area contributed by atoms with E-state index >= 15 is 0 Å². The molecule has 0 aliphatic carbocycles. The van der Waals surface area contributed by atoms with Crippen molar-refractivity contribution in [3.8, 4) is 19.5 Å². The van der Waals surface area contributed by atoms with Crippen molar-refractivity contribution >= 4 is 41.8 Å². The number of hydrogen-bond donors (Lipinski definition) is 1. The third kappa shape index (κ3) is 4.39. The molecule has 0 spiro atoms. The lowest BCUT2D eigenvalue weighted by atomic mass is 10.3. The summed E-state index contributed by atoms with van der Waals surface area (Å²) in [6.45, 7) is 0.159. The molecular weight excluding hydrogens is 371 g/mol. The molecule has 3 aromatic heterocycles. The van der Waals surface area contributed by atoms with E-state index in [-0.39, 0.29) is 6.61 Å². The molecule has 0 aromatic carbocycles. The van der Waals surface area contributed by atoms with Crippen LogP contribution in [0, 0.1) is 0 Å². The van der Waals surface area contributed by atoms with Gasteiger partial charge < -0.3 is 4.89 Å². The molecular formula is C15H15O4PS3. The van der Waals surface area contributed by atoms with Crippen LogP contribution in [0.3, 0.4) is 0 Å². The third-order valence-corrected chi connectivity index (χ3v) is 7.57. The predicted molar refractivity (Wildman–Crippen MR) is 97.4 cm³/mol. The van der Waals surface area contributed by atoms with E-state index in [1.807, 2.05) is 6.07 Å². The van der Waals surface area contributed by atoms with Crippen molar-refractivity contribution in [1.29, 1.82) is 0 Å². The molecule has 0 fully saturated rings.